The number of nitrogens with zero attached hydrogens (tertiary/aromatic N) is 1. The van der Waals surface area contributed by atoms with Crippen molar-refractivity contribution in [2.75, 3.05) is 12.0 Å². The van der Waals surface area contributed by atoms with Gasteiger partial charge in [0.05, 0.1) is 23.1 Å². The maximum atomic E-state index is 11.1. The van der Waals surface area contributed by atoms with E-state index in [-0.39, 0.29) is 12.2 Å². The lowest BCUT2D eigenvalue weighted by Gasteiger charge is -2.12. The molecule has 0 saturated carbocycles. The Labute approximate surface area is 113 Å². The summed E-state index contributed by atoms with van der Waals surface area (Å²) in [5.41, 5.74) is 2.37. The molecule has 0 aliphatic rings. The van der Waals surface area contributed by atoms with Gasteiger partial charge in [-0.05, 0) is 31.0 Å². The summed E-state index contributed by atoms with van der Waals surface area (Å²) >= 11 is 0. The van der Waals surface area contributed by atoms with E-state index in [1.54, 1.807) is 0 Å². The molecule has 19 heavy (non-hydrogen) atoms. The zero-order chi connectivity index (χ0) is 14.0. The number of aliphatic hydroxyl groups is 1. The Kier molecular flexibility index (Phi) is 3.87. The molecule has 0 bridgehead atoms. The number of para-hydroxylation sites is 1. The first-order valence-electron chi connectivity index (χ1n) is 6.09. The van der Waals surface area contributed by atoms with Crippen LogP contribution in [-0.4, -0.2) is 30.5 Å². The minimum Gasteiger partial charge on any atom is -0.387 e. The van der Waals surface area contributed by atoms with Gasteiger partial charge < -0.3 is 5.11 Å². The second-order valence-corrected chi connectivity index (χ2v) is 7.08. The first-order chi connectivity index (χ1) is 8.87. The largest absolute Gasteiger partial charge is 0.387 e. The van der Waals surface area contributed by atoms with Crippen molar-refractivity contribution in [3.8, 4) is 0 Å². The van der Waals surface area contributed by atoms with Gasteiger partial charge in [-0.15, -0.1) is 0 Å². The molecule has 1 N–H and O–H groups in total. The molecule has 0 saturated heterocycles. The third kappa shape index (κ3) is 3.52. The van der Waals surface area contributed by atoms with Gasteiger partial charge in [0.1, 0.15) is 9.84 Å². The minimum atomic E-state index is -3.07. The van der Waals surface area contributed by atoms with Crippen LogP contribution in [0, 0.1) is 6.92 Å². The van der Waals surface area contributed by atoms with Crippen LogP contribution in [0.2, 0.25) is 0 Å². The number of sulfone groups is 1. The van der Waals surface area contributed by atoms with Gasteiger partial charge in [0.25, 0.3) is 0 Å². The fourth-order valence-corrected chi connectivity index (χ4v) is 2.67. The molecule has 0 aliphatic carbocycles. The molecule has 0 aliphatic heterocycles. The summed E-state index contributed by atoms with van der Waals surface area (Å²) in [6.45, 7) is 1.96. The molecule has 0 spiro atoms. The highest BCUT2D eigenvalue weighted by atomic mass is 32.2. The predicted molar refractivity (Wildman–Crippen MR) is 75.8 cm³/mol. The van der Waals surface area contributed by atoms with E-state index in [0.717, 1.165) is 16.5 Å². The number of fused-ring (bicyclic) bond motifs is 1. The van der Waals surface area contributed by atoms with Gasteiger partial charge in [-0.1, -0.05) is 18.2 Å². The van der Waals surface area contributed by atoms with Crippen molar-refractivity contribution >= 4 is 20.7 Å². The number of aryl methyl sites for hydroxylation is 1. The second-order valence-electron chi connectivity index (χ2n) is 4.82. The molecule has 4 nitrogen and oxygen atoms in total. The van der Waals surface area contributed by atoms with E-state index < -0.39 is 15.9 Å². The van der Waals surface area contributed by atoms with E-state index in [4.69, 9.17) is 0 Å². The van der Waals surface area contributed by atoms with Crippen molar-refractivity contribution in [3.05, 3.63) is 41.6 Å². The summed E-state index contributed by atoms with van der Waals surface area (Å²) in [6, 6.07) is 9.51. The van der Waals surface area contributed by atoms with Crippen molar-refractivity contribution in [2.24, 2.45) is 0 Å². The minimum absolute atomic E-state index is 0.0400. The lowest BCUT2D eigenvalue weighted by molar-refractivity contribution is 0.170. The lowest BCUT2D eigenvalue weighted by Crippen LogP contribution is -2.09. The second kappa shape index (κ2) is 5.27. The molecule has 1 atom stereocenters. The van der Waals surface area contributed by atoms with Crippen LogP contribution in [0.4, 0.5) is 0 Å². The van der Waals surface area contributed by atoms with Crippen molar-refractivity contribution in [3.63, 3.8) is 0 Å². The highest BCUT2D eigenvalue weighted by Gasteiger charge is 2.14. The smallest absolute Gasteiger partial charge is 0.147 e. The van der Waals surface area contributed by atoms with Gasteiger partial charge in [0, 0.05) is 11.6 Å². The number of hydrogen-bond donors (Lipinski definition) is 1. The number of hydrogen-bond acceptors (Lipinski definition) is 4. The molecule has 102 valence electrons. The zero-order valence-corrected chi connectivity index (χ0v) is 11.8. The Balaban J connectivity index is 2.30. The molecule has 0 radical (unpaired) electrons. The summed E-state index contributed by atoms with van der Waals surface area (Å²) in [7, 11) is -3.07. The molecule has 5 heteroatoms. The van der Waals surface area contributed by atoms with E-state index in [1.165, 1.54) is 6.26 Å². The van der Waals surface area contributed by atoms with E-state index in [2.05, 4.69) is 4.98 Å². The predicted octanol–water partition coefficient (Wildman–Crippen LogP) is 2.01. The molecule has 2 aromatic rings. The monoisotopic (exact) mass is 279 g/mol. The Morgan fingerprint density at radius 3 is 2.68 bits per heavy atom. The quantitative estimate of drug-likeness (QED) is 0.929. The van der Waals surface area contributed by atoms with Crippen LogP contribution in [0.25, 0.3) is 10.9 Å². The average molecular weight is 279 g/mol. The fourth-order valence-electron chi connectivity index (χ4n) is 2.02. The molecular formula is C14H17NO3S. The third-order valence-electron chi connectivity index (χ3n) is 3.05. The normalized spacial score (nSPS) is 13.6. The standard InChI is InChI=1S/C14H17NO3S/c1-10-9-13(14(16)7-8-19(2,17)18)15-12-6-4-3-5-11(10)12/h3-6,9,14,16H,7-8H2,1-2H3. The highest BCUT2D eigenvalue weighted by molar-refractivity contribution is 7.90. The molecule has 2 rings (SSSR count). The Morgan fingerprint density at radius 1 is 1.32 bits per heavy atom. The van der Waals surface area contributed by atoms with E-state index >= 15 is 0 Å². The summed E-state index contributed by atoms with van der Waals surface area (Å²) < 4.78 is 22.2. The Bertz CT molecular complexity index is 695. The van der Waals surface area contributed by atoms with Crippen LogP contribution in [0.5, 0.6) is 0 Å². The van der Waals surface area contributed by atoms with E-state index in [1.807, 2.05) is 37.3 Å². The van der Waals surface area contributed by atoms with Crippen molar-refractivity contribution in [1.82, 2.24) is 4.98 Å². The summed E-state index contributed by atoms with van der Waals surface area (Å²) in [6.07, 6.45) is 0.487. The van der Waals surface area contributed by atoms with Crippen LogP contribution in [-0.2, 0) is 9.84 Å². The molecular weight excluding hydrogens is 262 g/mol. The summed E-state index contributed by atoms with van der Waals surface area (Å²) in [4.78, 5) is 4.39. The molecule has 0 amide bonds. The average Bonchev–Trinajstić information content (AvgIpc) is 2.35. The summed E-state index contributed by atoms with van der Waals surface area (Å²) in [5, 5.41) is 11.1. The van der Waals surface area contributed by atoms with Gasteiger partial charge in [0.2, 0.25) is 0 Å². The zero-order valence-electron chi connectivity index (χ0n) is 11.0. The topological polar surface area (TPSA) is 67.3 Å². The highest BCUT2D eigenvalue weighted by Crippen LogP contribution is 2.22. The van der Waals surface area contributed by atoms with Crippen molar-refractivity contribution in [2.45, 2.75) is 19.4 Å². The van der Waals surface area contributed by atoms with Crippen LogP contribution in [0.15, 0.2) is 30.3 Å². The maximum Gasteiger partial charge on any atom is 0.147 e. The number of aromatic nitrogens is 1. The SMILES string of the molecule is Cc1cc(C(O)CCS(C)(=O)=O)nc2ccccc12. The van der Waals surface area contributed by atoms with Crippen molar-refractivity contribution in [1.29, 1.82) is 0 Å². The van der Waals surface area contributed by atoms with Crippen LogP contribution < -0.4 is 0 Å². The fraction of sp³-hybridized carbons (Fsp3) is 0.357. The van der Waals surface area contributed by atoms with Gasteiger partial charge in [-0.25, -0.2) is 8.42 Å². The van der Waals surface area contributed by atoms with Gasteiger partial charge in [-0.3, -0.25) is 4.98 Å². The van der Waals surface area contributed by atoms with E-state index in [0.29, 0.717) is 5.69 Å². The van der Waals surface area contributed by atoms with Crippen molar-refractivity contribution < 1.29 is 13.5 Å². The lowest BCUT2D eigenvalue weighted by atomic mass is 10.1. The number of benzene rings is 1. The number of pyridine rings is 1. The molecule has 1 aromatic heterocycles. The van der Waals surface area contributed by atoms with Crippen LogP contribution in [0.1, 0.15) is 23.8 Å². The molecule has 0 fully saturated rings. The molecule has 1 aromatic carbocycles. The van der Waals surface area contributed by atoms with Crippen LogP contribution in [0.3, 0.4) is 0 Å². The Morgan fingerprint density at radius 2 is 2.00 bits per heavy atom. The Hall–Kier alpha value is -1.46. The first kappa shape index (κ1) is 14.0. The van der Waals surface area contributed by atoms with Gasteiger partial charge in [0.15, 0.2) is 0 Å². The van der Waals surface area contributed by atoms with Crippen LogP contribution >= 0.6 is 0 Å². The van der Waals surface area contributed by atoms with E-state index in [9.17, 15) is 13.5 Å². The van der Waals surface area contributed by atoms with Gasteiger partial charge >= 0.3 is 0 Å². The maximum absolute atomic E-state index is 11.1. The first-order valence-corrected chi connectivity index (χ1v) is 8.15. The number of aliphatic hydroxyl groups excluding tert-OH is 1. The number of rotatable bonds is 4. The molecule has 1 unspecified atom stereocenters. The third-order valence-corrected chi connectivity index (χ3v) is 4.02. The van der Waals surface area contributed by atoms with Gasteiger partial charge in [-0.2, -0.15) is 0 Å². The summed E-state index contributed by atoms with van der Waals surface area (Å²) in [5.74, 6) is -0.0400. The molecule has 1 heterocycles.